The van der Waals surface area contributed by atoms with Gasteiger partial charge in [0.25, 0.3) is 0 Å². The van der Waals surface area contributed by atoms with E-state index in [-0.39, 0.29) is 5.69 Å². The summed E-state index contributed by atoms with van der Waals surface area (Å²) in [6.07, 6.45) is 1.16. The molecule has 1 aromatic rings. The van der Waals surface area contributed by atoms with Gasteiger partial charge in [-0.25, -0.2) is 9.78 Å². The number of hydrogen-bond acceptors (Lipinski definition) is 4. The highest BCUT2D eigenvalue weighted by atomic mass is 16.4. The fraction of sp³-hybridized carbons (Fsp3) is 0.333. The Labute approximate surface area is 80.7 Å². The molecular weight excluding hydrogens is 184 g/mol. The maximum atomic E-state index is 10.5. The Morgan fingerprint density at radius 2 is 2.43 bits per heavy atom. The second kappa shape index (κ2) is 3.26. The van der Waals surface area contributed by atoms with Gasteiger partial charge in [-0.3, -0.25) is 4.90 Å². The molecule has 0 spiro atoms. The summed E-state index contributed by atoms with van der Waals surface area (Å²) in [5.74, 6) is -0.622. The molecule has 2 heterocycles. The van der Waals surface area contributed by atoms with Crippen molar-refractivity contribution in [3.8, 4) is 0 Å². The Morgan fingerprint density at radius 1 is 1.71 bits per heavy atom. The number of nitrogens with zero attached hydrogens (tertiary/aromatic N) is 2. The van der Waals surface area contributed by atoms with E-state index in [1.807, 2.05) is 0 Å². The SMILES string of the molecule is C=C1CN(Cc2nc(C(=O)O)co2)C1. The van der Waals surface area contributed by atoms with Gasteiger partial charge in [0.2, 0.25) is 5.89 Å². The van der Waals surface area contributed by atoms with Crippen LogP contribution in [0.3, 0.4) is 0 Å². The van der Waals surface area contributed by atoms with E-state index in [1.165, 1.54) is 5.57 Å². The van der Waals surface area contributed by atoms with Gasteiger partial charge in [0.05, 0.1) is 6.54 Å². The predicted molar refractivity (Wildman–Crippen MR) is 47.9 cm³/mol. The number of aromatic nitrogens is 1. The van der Waals surface area contributed by atoms with Crippen molar-refractivity contribution in [3.05, 3.63) is 30.0 Å². The smallest absolute Gasteiger partial charge is 0.357 e. The first-order valence-corrected chi connectivity index (χ1v) is 4.22. The average Bonchev–Trinajstić information content (AvgIpc) is 2.50. The minimum atomic E-state index is -1.06. The molecule has 2 rings (SSSR count). The predicted octanol–water partition coefficient (Wildman–Crippen LogP) is 0.745. The Morgan fingerprint density at radius 3 is 2.93 bits per heavy atom. The number of rotatable bonds is 3. The summed E-state index contributed by atoms with van der Waals surface area (Å²) in [6.45, 7) is 6.02. The van der Waals surface area contributed by atoms with Crippen LogP contribution in [0, 0.1) is 0 Å². The van der Waals surface area contributed by atoms with Gasteiger partial charge in [-0.15, -0.1) is 0 Å². The van der Waals surface area contributed by atoms with E-state index >= 15 is 0 Å². The van der Waals surface area contributed by atoms with Crippen molar-refractivity contribution in [1.29, 1.82) is 0 Å². The molecule has 1 aromatic heterocycles. The first kappa shape index (κ1) is 8.96. The van der Waals surface area contributed by atoms with Gasteiger partial charge in [-0.2, -0.15) is 0 Å². The molecular formula is C9H10N2O3. The van der Waals surface area contributed by atoms with E-state index < -0.39 is 5.97 Å². The first-order chi connectivity index (χ1) is 6.65. The highest BCUT2D eigenvalue weighted by Crippen LogP contribution is 2.15. The molecule has 1 fully saturated rings. The summed E-state index contributed by atoms with van der Waals surface area (Å²) in [4.78, 5) is 16.4. The number of hydrogen-bond donors (Lipinski definition) is 1. The minimum Gasteiger partial charge on any atom is -0.476 e. The van der Waals surface area contributed by atoms with Crippen LogP contribution in [0.4, 0.5) is 0 Å². The lowest BCUT2D eigenvalue weighted by molar-refractivity contribution is 0.0690. The van der Waals surface area contributed by atoms with E-state index in [4.69, 9.17) is 9.52 Å². The van der Waals surface area contributed by atoms with Gasteiger partial charge in [-0.05, 0) is 5.57 Å². The molecule has 0 bridgehead atoms. The lowest BCUT2D eigenvalue weighted by Gasteiger charge is -2.31. The summed E-state index contributed by atoms with van der Waals surface area (Å²) in [7, 11) is 0. The number of likely N-dealkylation sites (tertiary alicyclic amines) is 1. The number of carboxylic acids is 1. The minimum absolute atomic E-state index is 0.0423. The zero-order chi connectivity index (χ0) is 10.1. The monoisotopic (exact) mass is 194 g/mol. The topological polar surface area (TPSA) is 66.6 Å². The molecule has 0 atom stereocenters. The molecule has 1 N–H and O–H groups in total. The Kier molecular flexibility index (Phi) is 2.09. The van der Waals surface area contributed by atoms with Gasteiger partial charge >= 0.3 is 5.97 Å². The summed E-state index contributed by atoms with van der Waals surface area (Å²) in [6, 6.07) is 0. The molecule has 74 valence electrons. The third-order valence-electron chi connectivity index (χ3n) is 2.02. The van der Waals surface area contributed by atoms with Crippen molar-refractivity contribution in [2.75, 3.05) is 13.1 Å². The van der Waals surface area contributed by atoms with Crippen LogP contribution in [0.5, 0.6) is 0 Å². The molecule has 0 aromatic carbocycles. The van der Waals surface area contributed by atoms with Crippen LogP contribution in [-0.2, 0) is 6.54 Å². The third kappa shape index (κ3) is 1.67. The lowest BCUT2D eigenvalue weighted by Crippen LogP contribution is -2.38. The third-order valence-corrected chi connectivity index (χ3v) is 2.02. The molecule has 0 unspecified atom stereocenters. The average molecular weight is 194 g/mol. The van der Waals surface area contributed by atoms with Crippen molar-refractivity contribution < 1.29 is 14.3 Å². The first-order valence-electron chi connectivity index (χ1n) is 4.22. The number of carboxylic acid groups (broad SMARTS) is 1. The van der Waals surface area contributed by atoms with Gasteiger partial charge in [-0.1, -0.05) is 6.58 Å². The quantitative estimate of drug-likeness (QED) is 0.719. The van der Waals surface area contributed by atoms with Crippen LogP contribution in [0.1, 0.15) is 16.4 Å². The van der Waals surface area contributed by atoms with E-state index in [0.717, 1.165) is 19.4 Å². The Balaban J connectivity index is 1.96. The summed E-state index contributed by atoms with van der Waals surface area (Å²) < 4.78 is 5.00. The van der Waals surface area contributed by atoms with Crippen molar-refractivity contribution in [2.45, 2.75) is 6.54 Å². The summed E-state index contributed by atoms with van der Waals surface area (Å²) in [5.41, 5.74) is 1.13. The van der Waals surface area contributed by atoms with Crippen molar-refractivity contribution in [2.24, 2.45) is 0 Å². The molecule has 1 aliphatic rings. The standard InChI is InChI=1S/C9H10N2O3/c1-6-2-11(3-6)4-8-10-7(5-14-8)9(12)13/h5H,1-4H2,(H,12,13). The normalized spacial score (nSPS) is 16.7. The van der Waals surface area contributed by atoms with Crippen LogP contribution >= 0.6 is 0 Å². The van der Waals surface area contributed by atoms with Crippen molar-refractivity contribution >= 4 is 5.97 Å². The largest absolute Gasteiger partial charge is 0.476 e. The number of aromatic carboxylic acids is 1. The highest BCUT2D eigenvalue weighted by Gasteiger charge is 2.20. The molecule has 0 aliphatic carbocycles. The van der Waals surface area contributed by atoms with Crippen molar-refractivity contribution in [1.82, 2.24) is 9.88 Å². The Hall–Kier alpha value is -1.62. The summed E-state index contributed by atoms with van der Waals surface area (Å²) in [5, 5.41) is 8.60. The fourth-order valence-corrected chi connectivity index (χ4v) is 1.37. The van der Waals surface area contributed by atoms with E-state index in [2.05, 4.69) is 16.5 Å². The maximum Gasteiger partial charge on any atom is 0.357 e. The van der Waals surface area contributed by atoms with E-state index in [1.54, 1.807) is 0 Å². The second-order valence-corrected chi connectivity index (χ2v) is 3.33. The molecule has 0 radical (unpaired) electrons. The number of oxazole rings is 1. The van der Waals surface area contributed by atoms with Crippen LogP contribution in [0.25, 0.3) is 0 Å². The van der Waals surface area contributed by atoms with Gasteiger partial charge in [0.1, 0.15) is 6.26 Å². The zero-order valence-electron chi connectivity index (χ0n) is 7.56. The molecule has 0 saturated carbocycles. The van der Waals surface area contributed by atoms with Crippen LogP contribution in [0.15, 0.2) is 22.8 Å². The van der Waals surface area contributed by atoms with Gasteiger partial charge in [0.15, 0.2) is 5.69 Å². The van der Waals surface area contributed by atoms with E-state index in [9.17, 15) is 4.79 Å². The molecule has 14 heavy (non-hydrogen) atoms. The zero-order valence-corrected chi connectivity index (χ0v) is 7.56. The molecule has 5 heteroatoms. The van der Waals surface area contributed by atoms with Crippen LogP contribution in [0.2, 0.25) is 0 Å². The lowest BCUT2D eigenvalue weighted by atomic mass is 10.1. The number of carbonyl (C=O) groups is 1. The molecule has 0 amide bonds. The fourth-order valence-electron chi connectivity index (χ4n) is 1.37. The Bertz CT molecular complexity index is 375. The van der Waals surface area contributed by atoms with Crippen LogP contribution < -0.4 is 0 Å². The maximum absolute atomic E-state index is 10.5. The molecule has 1 saturated heterocycles. The summed E-state index contributed by atoms with van der Waals surface area (Å²) >= 11 is 0. The second-order valence-electron chi connectivity index (χ2n) is 3.33. The van der Waals surface area contributed by atoms with Gasteiger partial charge in [0, 0.05) is 13.1 Å². The van der Waals surface area contributed by atoms with Crippen LogP contribution in [-0.4, -0.2) is 34.0 Å². The molecule has 5 nitrogen and oxygen atoms in total. The van der Waals surface area contributed by atoms with E-state index in [0.29, 0.717) is 12.4 Å². The van der Waals surface area contributed by atoms with Gasteiger partial charge < -0.3 is 9.52 Å². The molecule has 1 aliphatic heterocycles. The highest BCUT2D eigenvalue weighted by molar-refractivity contribution is 5.84. The van der Waals surface area contributed by atoms with Crippen molar-refractivity contribution in [3.63, 3.8) is 0 Å².